The lowest BCUT2D eigenvalue weighted by molar-refractivity contribution is -0.137. The van der Waals surface area contributed by atoms with Gasteiger partial charge in [-0.3, -0.25) is 4.79 Å². The molecule has 0 aromatic rings. The molecule has 0 bridgehead atoms. The van der Waals surface area contributed by atoms with Gasteiger partial charge >= 0.3 is 5.97 Å². The number of hydrogen-bond donors (Lipinski definition) is 0. The number of Topliss-reactive ketones (excluding diaryl/α,β-unsaturated/α-hetero) is 1. The number of ketones is 1. The molecule has 4 heteroatoms. The minimum atomic E-state index is -0.730. The Labute approximate surface area is 63.1 Å². The molecule has 0 spiro atoms. The van der Waals surface area contributed by atoms with E-state index in [0.717, 1.165) is 0 Å². The average Bonchev–Trinajstić information content (AvgIpc) is 2.82. The van der Waals surface area contributed by atoms with Crippen molar-refractivity contribution < 1.29 is 19.1 Å². The molecule has 0 N–H and O–H groups in total. The Balaban J connectivity index is 2.60. The summed E-state index contributed by atoms with van der Waals surface area (Å²) in [5.41, 5.74) is -0.212. The minimum absolute atomic E-state index is 0.153. The third kappa shape index (κ3) is 1.46. The molecular weight excluding hydrogens is 148 g/mol. The summed E-state index contributed by atoms with van der Waals surface area (Å²) in [6.45, 7) is 3.24. The Morgan fingerprint density at radius 1 is 1.64 bits per heavy atom. The third-order valence-corrected chi connectivity index (χ3v) is 1.17. The van der Waals surface area contributed by atoms with E-state index in [1.54, 1.807) is 0 Å². The molecule has 0 aliphatic carbocycles. The lowest BCUT2D eigenvalue weighted by atomic mass is 10.2. The zero-order chi connectivity index (χ0) is 8.43. The van der Waals surface area contributed by atoms with Gasteiger partial charge in [0.2, 0.25) is 11.5 Å². The fraction of sp³-hybridized carbons (Fsp3) is 0.143. The fourth-order valence-corrected chi connectivity index (χ4v) is 0.501. The van der Waals surface area contributed by atoms with Gasteiger partial charge in [0.25, 0.3) is 0 Å². The predicted molar refractivity (Wildman–Crippen MR) is 35.3 cm³/mol. The second kappa shape index (κ2) is 2.57. The first-order valence-corrected chi connectivity index (χ1v) is 2.85. The number of hydrogen-bond acceptors (Lipinski definition) is 4. The number of carbonyl (C=O) groups excluding carboxylic acids is 2. The highest BCUT2D eigenvalue weighted by atomic mass is 16.5. The van der Waals surface area contributed by atoms with Crippen LogP contribution >= 0.6 is 0 Å². The number of methoxy groups -OCH3 is 1. The van der Waals surface area contributed by atoms with E-state index in [9.17, 15) is 9.59 Å². The zero-order valence-electron chi connectivity index (χ0n) is 5.92. The van der Waals surface area contributed by atoms with Crippen LogP contribution in [0.3, 0.4) is 0 Å². The molecule has 0 aromatic carbocycles. The molecule has 0 amide bonds. The Kier molecular flexibility index (Phi) is 1.76. The van der Waals surface area contributed by atoms with Crippen LogP contribution in [0, 0.1) is 0 Å². The van der Waals surface area contributed by atoms with Crippen molar-refractivity contribution in [2.75, 3.05) is 7.11 Å². The Morgan fingerprint density at radius 3 is 2.55 bits per heavy atom. The second-order valence-corrected chi connectivity index (χ2v) is 1.90. The van der Waals surface area contributed by atoms with E-state index < -0.39 is 11.8 Å². The van der Waals surface area contributed by atoms with E-state index in [4.69, 9.17) is 0 Å². The van der Waals surface area contributed by atoms with Gasteiger partial charge in [-0.2, -0.15) is 0 Å². The second-order valence-electron chi connectivity index (χ2n) is 1.90. The van der Waals surface area contributed by atoms with Gasteiger partial charge in [-0.05, 0) is 0 Å². The smallest absolute Gasteiger partial charge is 0.341 e. The van der Waals surface area contributed by atoms with E-state index >= 15 is 0 Å². The molecule has 0 atom stereocenters. The van der Waals surface area contributed by atoms with E-state index in [1.807, 2.05) is 0 Å². The summed E-state index contributed by atoms with van der Waals surface area (Å²) in [5, 5.41) is 0. The summed E-state index contributed by atoms with van der Waals surface area (Å²) in [4.78, 5) is 21.6. The van der Waals surface area contributed by atoms with Gasteiger partial charge in [-0.1, -0.05) is 6.58 Å². The largest absolute Gasteiger partial charge is 0.465 e. The molecular formula is C7H6O4. The van der Waals surface area contributed by atoms with Crippen molar-refractivity contribution in [2.24, 2.45) is 0 Å². The third-order valence-electron chi connectivity index (χ3n) is 1.17. The van der Waals surface area contributed by atoms with Gasteiger partial charge in [-0.25, -0.2) is 4.79 Å². The van der Waals surface area contributed by atoms with Crippen molar-refractivity contribution >= 4 is 11.8 Å². The van der Waals surface area contributed by atoms with Gasteiger partial charge in [0.05, 0.1) is 7.11 Å². The van der Waals surface area contributed by atoms with Crippen LogP contribution in [0.4, 0.5) is 0 Å². The average molecular weight is 154 g/mol. The number of esters is 1. The summed E-state index contributed by atoms with van der Waals surface area (Å²) >= 11 is 0. The maximum absolute atomic E-state index is 10.9. The van der Waals surface area contributed by atoms with Gasteiger partial charge in [0.1, 0.15) is 11.8 Å². The fourth-order valence-electron chi connectivity index (χ4n) is 0.501. The molecule has 1 rings (SSSR count). The summed E-state index contributed by atoms with van der Waals surface area (Å²) in [5.74, 6) is -1.09. The number of ether oxygens (including phenoxy) is 2. The quantitative estimate of drug-likeness (QED) is 0.251. The summed E-state index contributed by atoms with van der Waals surface area (Å²) < 4.78 is 8.73. The summed E-state index contributed by atoms with van der Waals surface area (Å²) in [6.07, 6.45) is 1.25. The predicted octanol–water partition coefficient (Wildman–Crippen LogP) is 0.156. The molecule has 0 aromatic heterocycles. The molecule has 0 saturated heterocycles. The Bertz CT molecular complexity index is 262. The van der Waals surface area contributed by atoms with Crippen LogP contribution in [0.15, 0.2) is 24.2 Å². The minimum Gasteiger partial charge on any atom is -0.465 e. The van der Waals surface area contributed by atoms with Crippen LogP contribution in [-0.2, 0) is 19.1 Å². The lowest BCUT2D eigenvalue weighted by Crippen LogP contribution is -2.12. The summed E-state index contributed by atoms with van der Waals surface area (Å²) in [7, 11) is 1.18. The molecule has 0 fully saturated rings. The summed E-state index contributed by atoms with van der Waals surface area (Å²) in [6, 6.07) is 0. The molecule has 0 radical (unpaired) electrons. The first kappa shape index (κ1) is 7.53. The molecule has 11 heavy (non-hydrogen) atoms. The first-order chi connectivity index (χ1) is 5.16. The van der Waals surface area contributed by atoms with Crippen LogP contribution < -0.4 is 0 Å². The molecule has 1 aliphatic heterocycles. The number of carbonyl (C=O) groups is 2. The SMILES string of the molecule is C=C(C(=O)OC)C(=O)C1=CO1. The van der Waals surface area contributed by atoms with Crippen LogP contribution in [-0.4, -0.2) is 18.9 Å². The van der Waals surface area contributed by atoms with Crippen LogP contribution in [0.2, 0.25) is 0 Å². The van der Waals surface area contributed by atoms with Crippen molar-refractivity contribution in [1.82, 2.24) is 0 Å². The highest BCUT2D eigenvalue weighted by molar-refractivity contribution is 6.23. The standard InChI is InChI=1S/C7H6O4/c1-4(7(9)10-2)6(8)5-3-11-5/h3H,1H2,2H3. The lowest BCUT2D eigenvalue weighted by Gasteiger charge is -1.96. The van der Waals surface area contributed by atoms with Gasteiger partial charge in [0, 0.05) is 0 Å². The number of rotatable bonds is 3. The highest BCUT2D eigenvalue weighted by Gasteiger charge is 2.27. The molecule has 0 unspecified atom stereocenters. The van der Waals surface area contributed by atoms with Gasteiger partial charge in [0.15, 0.2) is 0 Å². The maximum Gasteiger partial charge on any atom is 0.341 e. The van der Waals surface area contributed by atoms with Crippen LogP contribution in [0.25, 0.3) is 0 Å². The molecule has 58 valence electrons. The Morgan fingerprint density at radius 2 is 2.18 bits per heavy atom. The van der Waals surface area contributed by atoms with E-state index in [1.165, 1.54) is 13.4 Å². The highest BCUT2D eigenvalue weighted by Crippen LogP contribution is 2.18. The Hall–Kier alpha value is -1.58. The van der Waals surface area contributed by atoms with Crippen molar-refractivity contribution in [3.63, 3.8) is 0 Å². The van der Waals surface area contributed by atoms with E-state index in [-0.39, 0.29) is 11.3 Å². The van der Waals surface area contributed by atoms with Crippen LogP contribution in [0.1, 0.15) is 0 Å². The first-order valence-electron chi connectivity index (χ1n) is 2.85. The van der Waals surface area contributed by atoms with Crippen molar-refractivity contribution in [3.05, 3.63) is 24.2 Å². The molecule has 1 aliphatic rings. The van der Waals surface area contributed by atoms with Gasteiger partial charge in [-0.15, -0.1) is 0 Å². The van der Waals surface area contributed by atoms with E-state index in [0.29, 0.717) is 0 Å². The van der Waals surface area contributed by atoms with Gasteiger partial charge < -0.3 is 9.47 Å². The maximum atomic E-state index is 10.9. The molecule has 0 saturated carbocycles. The zero-order valence-corrected chi connectivity index (χ0v) is 5.92. The van der Waals surface area contributed by atoms with E-state index in [2.05, 4.69) is 16.1 Å². The number of allylic oxidation sites excluding steroid dienone is 1. The normalized spacial score (nSPS) is 12.6. The monoisotopic (exact) mass is 154 g/mol. The van der Waals surface area contributed by atoms with Crippen molar-refractivity contribution in [2.45, 2.75) is 0 Å². The van der Waals surface area contributed by atoms with Crippen molar-refractivity contribution in [3.8, 4) is 0 Å². The topological polar surface area (TPSA) is 55.9 Å². The molecule has 1 heterocycles. The van der Waals surface area contributed by atoms with Crippen LogP contribution in [0.5, 0.6) is 0 Å². The molecule has 4 nitrogen and oxygen atoms in total. The van der Waals surface area contributed by atoms with Crippen molar-refractivity contribution in [1.29, 1.82) is 0 Å².